The molecule has 0 aliphatic rings. The Balaban J connectivity index is 1.58. The fourth-order valence-electron chi connectivity index (χ4n) is 2.53. The van der Waals surface area contributed by atoms with E-state index in [1.165, 1.54) is 0 Å². The molecule has 0 saturated carbocycles. The third kappa shape index (κ3) is 4.06. The molecular formula is C18H21N5O2. The lowest BCUT2D eigenvalue weighted by Gasteiger charge is -2.18. The predicted molar refractivity (Wildman–Crippen MR) is 94.2 cm³/mol. The summed E-state index contributed by atoms with van der Waals surface area (Å²) in [5, 5.41) is 11.0. The van der Waals surface area contributed by atoms with Gasteiger partial charge in [0.1, 0.15) is 5.76 Å². The van der Waals surface area contributed by atoms with Crippen LogP contribution in [-0.2, 0) is 13.1 Å². The lowest BCUT2D eigenvalue weighted by Crippen LogP contribution is -2.31. The summed E-state index contributed by atoms with van der Waals surface area (Å²) in [6.45, 7) is 4.87. The SMILES string of the molecule is Cc1noc(C)c1CN(C)C(=O)Nc1ccc(Cn2cccn2)cc1. The van der Waals surface area contributed by atoms with Crippen molar-refractivity contribution in [3.05, 3.63) is 65.3 Å². The van der Waals surface area contributed by atoms with Crippen LogP contribution in [0.5, 0.6) is 0 Å². The Kier molecular flexibility index (Phi) is 4.83. The molecule has 0 bridgehead atoms. The van der Waals surface area contributed by atoms with E-state index in [0.717, 1.165) is 28.3 Å². The van der Waals surface area contributed by atoms with E-state index in [0.29, 0.717) is 13.1 Å². The van der Waals surface area contributed by atoms with Crippen molar-refractivity contribution in [2.24, 2.45) is 0 Å². The second-order valence-electron chi connectivity index (χ2n) is 5.99. The minimum absolute atomic E-state index is 0.181. The van der Waals surface area contributed by atoms with Crippen molar-refractivity contribution in [3.8, 4) is 0 Å². The van der Waals surface area contributed by atoms with E-state index in [-0.39, 0.29) is 6.03 Å². The normalized spacial score (nSPS) is 10.7. The molecule has 3 rings (SSSR count). The standard InChI is InChI=1S/C18H21N5O2/c1-13-17(14(2)25-21-13)12-22(3)18(24)20-16-7-5-15(6-8-16)11-23-10-4-9-19-23/h4-10H,11-12H2,1-3H3,(H,20,24). The first-order valence-corrected chi connectivity index (χ1v) is 8.03. The summed E-state index contributed by atoms with van der Waals surface area (Å²) in [5.41, 5.74) is 3.61. The number of aromatic nitrogens is 3. The molecule has 2 amide bonds. The highest BCUT2D eigenvalue weighted by atomic mass is 16.5. The topological polar surface area (TPSA) is 76.2 Å². The molecule has 25 heavy (non-hydrogen) atoms. The van der Waals surface area contributed by atoms with Crippen molar-refractivity contribution in [2.45, 2.75) is 26.9 Å². The second kappa shape index (κ2) is 7.21. The van der Waals surface area contributed by atoms with E-state index in [2.05, 4.69) is 15.6 Å². The zero-order chi connectivity index (χ0) is 17.8. The zero-order valence-electron chi connectivity index (χ0n) is 14.6. The van der Waals surface area contributed by atoms with Crippen LogP contribution in [0, 0.1) is 13.8 Å². The van der Waals surface area contributed by atoms with Gasteiger partial charge in [-0.15, -0.1) is 0 Å². The summed E-state index contributed by atoms with van der Waals surface area (Å²) < 4.78 is 6.99. The van der Waals surface area contributed by atoms with Gasteiger partial charge in [-0.05, 0) is 37.6 Å². The average Bonchev–Trinajstić information content (AvgIpc) is 3.21. The summed E-state index contributed by atoms with van der Waals surface area (Å²) in [5.74, 6) is 0.736. The van der Waals surface area contributed by atoms with Crippen LogP contribution in [0.1, 0.15) is 22.6 Å². The number of carbonyl (C=O) groups excluding carboxylic acids is 1. The van der Waals surface area contributed by atoms with Crippen LogP contribution in [0.3, 0.4) is 0 Å². The quantitative estimate of drug-likeness (QED) is 0.774. The molecule has 7 heteroatoms. The van der Waals surface area contributed by atoms with Crippen molar-refractivity contribution in [2.75, 3.05) is 12.4 Å². The summed E-state index contributed by atoms with van der Waals surface area (Å²) in [6, 6.07) is 9.45. The van der Waals surface area contributed by atoms with Crippen LogP contribution in [-0.4, -0.2) is 32.9 Å². The maximum absolute atomic E-state index is 12.4. The molecule has 0 spiro atoms. The lowest BCUT2D eigenvalue weighted by atomic mass is 10.2. The molecule has 0 atom stereocenters. The molecule has 0 unspecified atom stereocenters. The molecule has 2 heterocycles. The first-order chi connectivity index (χ1) is 12.0. The van der Waals surface area contributed by atoms with Crippen molar-refractivity contribution >= 4 is 11.7 Å². The first-order valence-electron chi connectivity index (χ1n) is 8.03. The minimum atomic E-state index is -0.181. The summed E-state index contributed by atoms with van der Waals surface area (Å²) in [6.07, 6.45) is 3.67. The molecule has 1 aromatic carbocycles. The van der Waals surface area contributed by atoms with Gasteiger partial charge in [0.05, 0.1) is 18.8 Å². The van der Waals surface area contributed by atoms with Gasteiger partial charge in [0.2, 0.25) is 0 Å². The lowest BCUT2D eigenvalue weighted by molar-refractivity contribution is 0.220. The Hall–Kier alpha value is -3.09. The second-order valence-corrected chi connectivity index (χ2v) is 5.99. The number of carbonyl (C=O) groups is 1. The van der Waals surface area contributed by atoms with Gasteiger partial charge in [-0.1, -0.05) is 17.3 Å². The number of nitrogens with one attached hydrogen (secondary N) is 1. The fraction of sp³-hybridized carbons (Fsp3) is 0.278. The largest absolute Gasteiger partial charge is 0.361 e. The highest BCUT2D eigenvalue weighted by Gasteiger charge is 2.15. The van der Waals surface area contributed by atoms with Gasteiger partial charge in [0, 0.05) is 30.7 Å². The number of anilines is 1. The van der Waals surface area contributed by atoms with Crippen LogP contribution in [0.4, 0.5) is 10.5 Å². The van der Waals surface area contributed by atoms with Gasteiger partial charge in [-0.3, -0.25) is 4.68 Å². The number of amides is 2. The molecule has 0 fully saturated rings. The van der Waals surface area contributed by atoms with Crippen molar-refractivity contribution in [1.29, 1.82) is 0 Å². The molecular weight excluding hydrogens is 318 g/mol. The van der Waals surface area contributed by atoms with Crippen molar-refractivity contribution in [1.82, 2.24) is 19.8 Å². The van der Waals surface area contributed by atoms with Gasteiger partial charge in [-0.2, -0.15) is 5.10 Å². The number of rotatable bonds is 5. The van der Waals surface area contributed by atoms with Crippen LogP contribution < -0.4 is 5.32 Å². The monoisotopic (exact) mass is 339 g/mol. The van der Waals surface area contributed by atoms with Crippen LogP contribution in [0.25, 0.3) is 0 Å². The van der Waals surface area contributed by atoms with E-state index >= 15 is 0 Å². The molecule has 0 radical (unpaired) electrons. The van der Waals surface area contributed by atoms with Crippen LogP contribution in [0.15, 0.2) is 47.2 Å². The van der Waals surface area contributed by atoms with Crippen LogP contribution in [0.2, 0.25) is 0 Å². The van der Waals surface area contributed by atoms with Crippen molar-refractivity contribution in [3.63, 3.8) is 0 Å². The highest BCUT2D eigenvalue weighted by molar-refractivity contribution is 5.89. The maximum atomic E-state index is 12.4. The summed E-state index contributed by atoms with van der Waals surface area (Å²) in [4.78, 5) is 14.0. The molecule has 2 aromatic heterocycles. The van der Waals surface area contributed by atoms with Gasteiger partial charge >= 0.3 is 6.03 Å². The Morgan fingerprint density at radius 3 is 2.64 bits per heavy atom. The number of nitrogens with zero attached hydrogens (tertiary/aromatic N) is 4. The third-order valence-corrected chi connectivity index (χ3v) is 4.03. The molecule has 1 N–H and O–H groups in total. The highest BCUT2D eigenvalue weighted by Crippen LogP contribution is 2.16. The zero-order valence-corrected chi connectivity index (χ0v) is 14.6. The Morgan fingerprint density at radius 2 is 2.04 bits per heavy atom. The van der Waals surface area contributed by atoms with Crippen molar-refractivity contribution < 1.29 is 9.32 Å². The number of hydrogen-bond acceptors (Lipinski definition) is 4. The molecule has 0 saturated heterocycles. The number of aryl methyl sites for hydroxylation is 2. The molecule has 130 valence electrons. The van der Waals surface area contributed by atoms with E-state index in [1.54, 1.807) is 18.1 Å². The van der Waals surface area contributed by atoms with E-state index in [1.807, 2.05) is 55.1 Å². The average molecular weight is 339 g/mol. The summed E-state index contributed by atoms with van der Waals surface area (Å²) >= 11 is 0. The predicted octanol–water partition coefficient (Wildman–Crippen LogP) is 3.20. The minimum Gasteiger partial charge on any atom is -0.361 e. The first kappa shape index (κ1) is 16.8. The third-order valence-electron chi connectivity index (χ3n) is 4.03. The van der Waals surface area contributed by atoms with E-state index < -0.39 is 0 Å². The number of hydrogen-bond donors (Lipinski definition) is 1. The summed E-state index contributed by atoms with van der Waals surface area (Å²) in [7, 11) is 1.74. The molecule has 7 nitrogen and oxygen atoms in total. The fourth-order valence-corrected chi connectivity index (χ4v) is 2.53. The smallest absolute Gasteiger partial charge is 0.321 e. The van der Waals surface area contributed by atoms with Gasteiger partial charge in [-0.25, -0.2) is 4.79 Å². The Morgan fingerprint density at radius 1 is 1.28 bits per heavy atom. The Bertz CT molecular complexity index is 817. The van der Waals surface area contributed by atoms with Gasteiger partial charge in [0.15, 0.2) is 0 Å². The van der Waals surface area contributed by atoms with E-state index in [4.69, 9.17) is 4.52 Å². The maximum Gasteiger partial charge on any atom is 0.321 e. The van der Waals surface area contributed by atoms with E-state index in [9.17, 15) is 4.79 Å². The van der Waals surface area contributed by atoms with Crippen LogP contribution >= 0.6 is 0 Å². The van der Waals surface area contributed by atoms with Gasteiger partial charge in [0.25, 0.3) is 0 Å². The number of benzene rings is 1. The molecule has 0 aliphatic heterocycles. The van der Waals surface area contributed by atoms with Gasteiger partial charge < -0.3 is 14.7 Å². The Labute approximate surface area is 146 Å². The number of urea groups is 1. The molecule has 3 aromatic rings. The molecule has 0 aliphatic carbocycles.